The zero-order valence-electron chi connectivity index (χ0n) is 15.9. The van der Waals surface area contributed by atoms with E-state index in [1.54, 1.807) is 24.3 Å². The van der Waals surface area contributed by atoms with Gasteiger partial charge in [0.2, 0.25) is 0 Å². The average Bonchev–Trinajstić information content (AvgIpc) is 2.71. The van der Waals surface area contributed by atoms with Gasteiger partial charge >= 0.3 is 11.9 Å². The van der Waals surface area contributed by atoms with Crippen LogP contribution in [0.1, 0.15) is 21.5 Å². The number of anilines is 1. The molecule has 0 unspecified atom stereocenters. The number of benzene rings is 2. The first-order valence-electron chi connectivity index (χ1n) is 8.74. The summed E-state index contributed by atoms with van der Waals surface area (Å²) in [7, 11) is 1.22. The molecular weight excluding hydrogens is 439 g/mol. The van der Waals surface area contributed by atoms with Crippen molar-refractivity contribution in [3.05, 3.63) is 91.2 Å². The molecule has 0 radical (unpaired) electrons. The fraction of sp³-hybridized carbons (Fsp3) is 0.150. The molecule has 3 rings (SSSR count). The third kappa shape index (κ3) is 4.80. The average molecular weight is 454 g/mol. The van der Waals surface area contributed by atoms with Crippen LogP contribution in [0.15, 0.2) is 58.3 Å². The lowest BCUT2D eigenvalue weighted by atomic mass is 10.1. The van der Waals surface area contributed by atoms with Crippen molar-refractivity contribution in [3.8, 4) is 5.75 Å². The quantitative estimate of drug-likeness (QED) is 0.618. The summed E-state index contributed by atoms with van der Waals surface area (Å²) >= 11 is 6.06. The minimum Gasteiger partial charge on any atom is -0.495 e. The van der Waals surface area contributed by atoms with Gasteiger partial charge in [-0.25, -0.2) is 4.79 Å². The predicted octanol–water partition coefficient (Wildman–Crippen LogP) is 3.52. The Morgan fingerprint density at radius 3 is 2.55 bits per heavy atom. The van der Waals surface area contributed by atoms with Gasteiger partial charge in [-0.05, 0) is 29.8 Å². The Bertz CT molecular complexity index is 1250. The fourth-order valence-electron chi connectivity index (χ4n) is 2.79. The van der Waals surface area contributed by atoms with Crippen molar-refractivity contribution in [2.45, 2.75) is 12.7 Å². The van der Waals surface area contributed by atoms with Crippen molar-refractivity contribution in [3.63, 3.8) is 0 Å². The standard InChI is InChI=1S/C20H15ClF3N3O4/c1-31-16-7-6-12(20(22,23)24)8-15(16)26-17(28)13-9-25-19(30)27(18(13)29)10-11-4-2-3-5-14(11)21/h2-9H,10H2,1H3,(H,25,30)(H,26,28). The Morgan fingerprint density at radius 2 is 1.90 bits per heavy atom. The van der Waals surface area contributed by atoms with Crippen LogP contribution in [-0.2, 0) is 12.7 Å². The van der Waals surface area contributed by atoms with Gasteiger partial charge in [-0.2, -0.15) is 13.2 Å². The van der Waals surface area contributed by atoms with Gasteiger partial charge in [0.25, 0.3) is 11.5 Å². The van der Waals surface area contributed by atoms with Gasteiger partial charge in [0.05, 0.1) is 24.9 Å². The maximum atomic E-state index is 13.0. The minimum absolute atomic E-state index is 0.0397. The highest BCUT2D eigenvalue weighted by Gasteiger charge is 2.31. The SMILES string of the molecule is COc1ccc(C(F)(F)F)cc1NC(=O)c1c[nH]c(=O)n(Cc2ccccc2Cl)c1=O. The number of H-pyrrole nitrogens is 1. The van der Waals surface area contributed by atoms with E-state index in [9.17, 15) is 27.6 Å². The number of hydrogen-bond donors (Lipinski definition) is 2. The molecule has 0 spiro atoms. The Balaban J connectivity index is 1.98. The number of methoxy groups -OCH3 is 1. The highest BCUT2D eigenvalue weighted by molar-refractivity contribution is 6.31. The summed E-state index contributed by atoms with van der Waals surface area (Å²) in [5.74, 6) is -1.06. The van der Waals surface area contributed by atoms with Crippen LogP contribution in [0, 0.1) is 0 Å². The molecule has 0 aliphatic rings. The third-order valence-electron chi connectivity index (χ3n) is 4.37. The smallest absolute Gasteiger partial charge is 0.416 e. The summed E-state index contributed by atoms with van der Waals surface area (Å²) in [6.45, 7) is -0.207. The van der Waals surface area contributed by atoms with Gasteiger partial charge < -0.3 is 15.0 Å². The van der Waals surface area contributed by atoms with Crippen LogP contribution in [0.3, 0.4) is 0 Å². The lowest BCUT2D eigenvalue weighted by Crippen LogP contribution is -2.39. The zero-order valence-corrected chi connectivity index (χ0v) is 16.7. The van der Waals surface area contributed by atoms with Crippen molar-refractivity contribution < 1.29 is 22.7 Å². The Kier molecular flexibility index (Phi) is 6.21. The molecule has 2 N–H and O–H groups in total. The van der Waals surface area contributed by atoms with E-state index >= 15 is 0 Å². The van der Waals surface area contributed by atoms with Gasteiger partial charge in [-0.3, -0.25) is 14.2 Å². The highest BCUT2D eigenvalue weighted by Crippen LogP contribution is 2.35. The molecule has 0 saturated heterocycles. The van der Waals surface area contributed by atoms with E-state index in [2.05, 4.69) is 10.3 Å². The molecule has 162 valence electrons. The molecule has 0 bridgehead atoms. The van der Waals surface area contributed by atoms with E-state index in [0.717, 1.165) is 22.9 Å². The maximum absolute atomic E-state index is 13.0. The summed E-state index contributed by atoms with van der Waals surface area (Å²) in [6, 6.07) is 9.04. The second kappa shape index (κ2) is 8.68. The second-order valence-corrected chi connectivity index (χ2v) is 6.76. The van der Waals surface area contributed by atoms with Gasteiger partial charge in [0, 0.05) is 11.2 Å². The molecule has 0 fully saturated rings. The maximum Gasteiger partial charge on any atom is 0.416 e. The van der Waals surface area contributed by atoms with E-state index in [4.69, 9.17) is 16.3 Å². The number of halogens is 4. The molecule has 2 aromatic carbocycles. The number of rotatable bonds is 5. The van der Waals surface area contributed by atoms with E-state index in [1.807, 2.05) is 0 Å². The van der Waals surface area contributed by atoms with Crippen LogP contribution in [0.25, 0.3) is 0 Å². The molecule has 1 aromatic heterocycles. The Morgan fingerprint density at radius 1 is 1.19 bits per heavy atom. The molecule has 3 aromatic rings. The van der Waals surface area contributed by atoms with Crippen molar-refractivity contribution in [1.82, 2.24) is 9.55 Å². The number of nitrogens with zero attached hydrogens (tertiary/aromatic N) is 1. The van der Waals surface area contributed by atoms with E-state index in [1.165, 1.54) is 7.11 Å². The summed E-state index contributed by atoms with van der Waals surface area (Å²) in [6.07, 6.45) is -3.76. The van der Waals surface area contributed by atoms with E-state index < -0.39 is 34.5 Å². The van der Waals surface area contributed by atoms with Crippen LogP contribution in [0.4, 0.5) is 18.9 Å². The van der Waals surface area contributed by atoms with Crippen molar-refractivity contribution >= 4 is 23.2 Å². The summed E-state index contributed by atoms with van der Waals surface area (Å²) in [5.41, 5.74) is -3.03. The number of amides is 1. The number of hydrogen-bond acceptors (Lipinski definition) is 4. The predicted molar refractivity (Wildman–Crippen MR) is 108 cm³/mol. The molecule has 0 atom stereocenters. The number of carbonyl (C=O) groups is 1. The van der Waals surface area contributed by atoms with Gasteiger partial charge in [0.15, 0.2) is 0 Å². The van der Waals surface area contributed by atoms with E-state index in [-0.39, 0.29) is 18.0 Å². The van der Waals surface area contributed by atoms with Crippen LogP contribution in [0.5, 0.6) is 5.75 Å². The second-order valence-electron chi connectivity index (χ2n) is 6.36. The summed E-state index contributed by atoms with van der Waals surface area (Å²) in [4.78, 5) is 39.8. The number of alkyl halides is 3. The molecule has 1 amide bonds. The Labute approximate surface area is 178 Å². The number of carbonyl (C=O) groups excluding carboxylic acids is 1. The Hall–Kier alpha value is -3.53. The van der Waals surface area contributed by atoms with E-state index in [0.29, 0.717) is 16.7 Å². The largest absolute Gasteiger partial charge is 0.495 e. The van der Waals surface area contributed by atoms with Gasteiger partial charge in [0.1, 0.15) is 11.3 Å². The first-order valence-corrected chi connectivity index (χ1v) is 9.12. The van der Waals surface area contributed by atoms with Gasteiger partial charge in [-0.15, -0.1) is 0 Å². The van der Waals surface area contributed by atoms with Crippen molar-refractivity contribution in [2.75, 3.05) is 12.4 Å². The number of nitrogens with one attached hydrogen (secondary N) is 2. The topological polar surface area (TPSA) is 93.2 Å². The molecule has 0 aliphatic carbocycles. The zero-order chi connectivity index (χ0) is 22.8. The van der Waals surface area contributed by atoms with Crippen LogP contribution < -0.4 is 21.3 Å². The molecule has 1 heterocycles. The number of aromatic nitrogens is 2. The molecule has 0 aliphatic heterocycles. The molecule has 0 saturated carbocycles. The lowest BCUT2D eigenvalue weighted by molar-refractivity contribution is -0.137. The molecule has 11 heteroatoms. The van der Waals surface area contributed by atoms with Crippen LogP contribution >= 0.6 is 11.6 Å². The van der Waals surface area contributed by atoms with Gasteiger partial charge in [-0.1, -0.05) is 29.8 Å². The fourth-order valence-corrected chi connectivity index (χ4v) is 2.98. The van der Waals surface area contributed by atoms with Crippen molar-refractivity contribution in [1.29, 1.82) is 0 Å². The normalized spacial score (nSPS) is 11.3. The molecule has 31 heavy (non-hydrogen) atoms. The monoisotopic (exact) mass is 453 g/mol. The first kappa shape index (κ1) is 22.2. The first-order chi connectivity index (χ1) is 14.6. The van der Waals surface area contributed by atoms with Crippen LogP contribution in [0.2, 0.25) is 5.02 Å². The summed E-state index contributed by atoms with van der Waals surface area (Å²) < 4.78 is 44.8. The summed E-state index contributed by atoms with van der Waals surface area (Å²) in [5, 5.41) is 2.54. The third-order valence-corrected chi connectivity index (χ3v) is 4.74. The van der Waals surface area contributed by atoms with Crippen LogP contribution in [-0.4, -0.2) is 22.6 Å². The highest BCUT2D eigenvalue weighted by atomic mass is 35.5. The van der Waals surface area contributed by atoms with Crippen molar-refractivity contribution in [2.24, 2.45) is 0 Å². The molecular formula is C20H15ClF3N3O4. The molecule has 7 nitrogen and oxygen atoms in total. The number of aromatic amines is 1. The number of ether oxygens (including phenoxy) is 1. The lowest BCUT2D eigenvalue weighted by Gasteiger charge is -2.14. The minimum atomic E-state index is -4.65.